The number of nitriles is 2. The minimum absolute atomic E-state index is 0.0963. The number of hydrogen-bond acceptors (Lipinski definition) is 12. The van der Waals surface area contributed by atoms with E-state index in [0.29, 0.717) is 22.8 Å². The van der Waals surface area contributed by atoms with Crippen LogP contribution in [-0.2, 0) is 27.9 Å². The first-order chi connectivity index (χ1) is 38.7. The van der Waals surface area contributed by atoms with Crippen molar-refractivity contribution >= 4 is 38.2 Å². The molecule has 0 radical (unpaired) electrons. The summed E-state index contributed by atoms with van der Waals surface area (Å²) >= 11 is 5.98. The second-order valence-corrected chi connectivity index (χ2v) is 23.6. The number of benzene rings is 6. The molecule has 0 atom stereocenters. The third kappa shape index (κ3) is 12.3. The van der Waals surface area contributed by atoms with Gasteiger partial charge in [-0.15, -0.1) is 0 Å². The molecule has 3 fully saturated rings. The molecule has 11 rings (SSSR count). The van der Waals surface area contributed by atoms with Crippen molar-refractivity contribution in [2.24, 2.45) is 0 Å². The Labute approximate surface area is 485 Å². The van der Waals surface area contributed by atoms with E-state index in [1.807, 2.05) is 223 Å². The average Bonchev–Trinajstić information content (AvgIpc) is 3.95. The Balaban J connectivity index is 0.000000157. The second kappa shape index (κ2) is 23.1. The maximum absolute atomic E-state index is 16.1. The minimum atomic E-state index is -0.965. The van der Waals surface area contributed by atoms with Crippen LogP contribution in [0.15, 0.2) is 158 Å². The molecule has 3 saturated heterocycles. The van der Waals surface area contributed by atoms with Crippen LogP contribution in [0, 0.1) is 34.3 Å². The van der Waals surface area contributed by atoms with E-state index in [0.717, 1.165) is 22.3 Å². The minimum Gasteiger partial charge on any atom is -0.405 e. The van der Waals surface area contributed by atoms with Crippen molar-refractivity contribution in [1.29, 1.82) is 10.5 Å². The van der Waals surface area contributed by atoms with Crippen LogP contribution in [-0.4, -0.2) is 74.7 Å². The van der Waals surface area contributed by atoms with E-state index >= 15 is 4.39 Å². The molecular weight excluding hydrogens is 1050 g/mol. The van der Waals surface area contributed by atoms with Crippen molar-refractivity contribution < 1.29 is 36.7 Å². The Morgan fingerprint density at radius 3 is 0.976 bits per heavy atom. The molecule has 0 saturated carbocycles. The van der Waals surface area contributed by atoms with Gasteiger partial charge in [0.15, 0.2) is 17.5 Å². The van der Waals surface area contributed by atoms with Gasteiger partial charge < -0.3 is 27.9 Å². The predicted octanol–water partition coefficient (Wildman–Crippen LogP) is 14.2. The topological polar surface area (TPSA) is 155 Å². The lowest BCUT2D eigenvalue weighted by molar-refractivity contribution is 0.00578. The lowest BCUT2D eigenvalue weighted by Gasteiger charge is -2.32. The molecule has 82 heavy (non-hydrogen) atoms. The Kier molecular flexibility index (Phi) is 16.7. The van der Waals surface area contributed by atoms with E-state index < -0.39 is 44.0 Å². The highest BCUT2D eigenvalue weighted by Gasteiger charge is 2.64. The van der Waals surface area contributed by atoms with Gasteiger partial charge in [0.1, 0.15) is 5.82 Å². The van der Waals surface area contributed by atoms with Gasteiger partial charge in [0.05, 0.1) is 95.8 Å². The van der Waals surface area contributed by atoms with E-state index in [-0.39, 0.29) is 66.8 Å². The molecule has 0 aliphatic carbocycles. The highest BCUT2D eigenvalue weighted by Crippen LogP contribution is 2.44. The third-order valence-electron chi connectivity index (χ3n) is 15.9. The fourth-order valence-electron chi connectivity index (χ4n) is 8.99. The van der Waals surface area contributed by atoms with E-state index in [2.05, 4.69) is 16.0 Å². The van der Waals surface area contributed by atoms with Crippen molar-refractivity contribution in [3.8, 4) is 79.9 Å². The maximum Gasteiger partial charge on any atom is 0.497 e. The van der Waals surface area contributed by atoms with Crippen LogP contribution in [0.5, 0.6) is 0 Å². The molecule has 0 N–H and O–H groups in total. The van der Waals surface area contributed by atoms with Gasteiger partial charge >= 0.3 is 21.1 Å². The van der Waals surface area contributed by atoms with Crippen molar-refractivity contribution in [1.82, 2.24) is 19.9 Å². The predicted molar refractivity (Wildman–Crippen MR) is 319 cm³/mol. The fourth-order valence-corrected chi connectivity index (χ4v) is 9.21. The zero-order valence-corrected chi connectivity index (χ0v) is 48.8. The number of nitrogens with zero attached hydrogens (tertiary/aromatic N) is 6. The quantitative estimate of drug-likeness (QED) is 0.133. The Morgan fingerprint density at radius 2 is 0.671 bits per heavy atom. The molecule has 12 nitrogen and oxygen atoms in total. The molecule has 3 aliphatic heterocycles. The molecule has 18 heteroatoms. The van der Waals surface area contributed by atoms with Crippen LogP contribution < -0.4 is 5.46 Å². The summed E-state index contributed by atoms with van der Waals surface area (Å²) in [7, 11) is -1.92. The summed E-state index contributed by atoms with van der Waals surface area (Å²) in [5.74, 6) is -0.860. The van der Waals surface area contributed by atoms with Crippen LogP contribution in [0.3, 0.4) is 0 Å². The number of aromatic nitrogens is 4. The molecule has 414 valence electrons. The van der Waals surface area contributed by atoms with Gasteiger partial charge in [0, 0.05) is 27.7 Å². The van der Waals surface area contributed by atoms with E-state index in [4.69, 9.17) is 49.5 Å². The van der Waals surface area contributed by atoms with Crippen molar-refractivity contribution in [3.05, 3.63) is 186 Å². The third-order valence-corrected chi connectivity index (χ3v) is 16.1. The van der Waals surface area contributed by atoms with Gasteiger partial charge in [0.25, 0.3) is 0 Å². The number of rotatable bonds is 8. The molecule has 2 aromatic heterocycles. The van der Waals surface area contributed by atoms with Crippen molar-refractivity contribution in [2.45, 2.75) is 117 Å². The lowest BCUT2D eigenvalue weighted by atomic mass is 9.49. The molecule has 0 unspecified atom stereocenters. The van der Waals surface area contributed by atoms with Crippen LogP contribution in [0.4, 0.5) is 8.78 Å². The highest BCUT2D eigenvalue weighted by molar-refractivity contribution is 7.11. The highest BCUT2D eigenvalue weighted by atomic mass is 35.5. The van der Waals surface area contributed by atoms with Crippen LogP contribution in [0.1, 0.15) is 94.2 Å². The Morgan fingerprint density at radius 1 is 0.390 bits per heavy atom. The van der Waals surface area contributed by atoms with Crippen molar-refractivity contribution in [3.63, 3.8) is 0 Å². The molecule has 0 amide bonds. The molecule has 5 heterocycles. The van der Waals surface area contributed by atoms with E-state index in [1.54, 1.807) is 0 Å². The number of halogens is 3. The first kappa shape index (κ1) is 59.2. The molecule has 3 aliphatic rings. The fraction of sp³-hybridized carbons (Fsp3) is 0.281. The van der Waals surface area contributed by atoms with E-state index in [1.165, 1.54) is 24.3 Å². The lowest BCUT2D eigenvalue weighted by Crippen LogP contribution is -2.41. The SMILES string of the molecule is CC1(C)OB(B2OC(C)(C)C(C)(C)O2)OC1(C)C.CC1(C)OB(c2cc(C#N)cc(-c3nc(-c4ccccc4)cc(-c4ccccc4)n3)c2F)OC1(C)C.N#Cc1cc(Cl)c(F)c(-c2nc(-c3ccccc3)cc(-c3ccccc3)n2)c1. The molecule has 0 bridgehead atoms. The molecular formula is C64H62B3ClF2N6O6. The summed E-state index contributed by atoms with van der Waals surface area (Å²) in [6.07, 6.45) is 0. The van der Waals surface area contributed by atoms with Crippen LogP contribution >= 0.6 is 11.6 Å². The summed E-state index contributed by atoms with van der Waals surface area (Å²) in [6, 6.07) is 52.0. The second-order valence-electron chi connectivity index (χ2n) is 23.2. The first-order valence-corrected chi connectivity index (χ1v) is 27.3. The summed E-state index contributed by atoms with van der Waals surface area (Å²) in [5.41, 5.74) is 4.26. The molecule has 0 spiro atoms. The molecule has 8 aromatic rings. The van der Waals surface area contributed by atoms with Gasteiger partial charge in [-0.25, -0.2) is 28.7 Å². The van der Waals surface area contributed by atoms with Gasteiger partial charge in [0.2, 0.25) is 0 Å². The van der Waals surface area contributed by atoms with Crippen LogP contribution in [0.25, 0.3) is 67.8 Å². The van der Waals surface area contributed by atoms with Gasteiger partial charge in [-0.1, -0.05) is 133 Å². The first-order valence-electron chi connectivity index (χ1n) is 26.9. The normalized spacial score (nSPS) is 17.6. The summed E-state index contributed by atoms with van der Waals surface area (Å²) in [5, 5.41) is 18.8. The largest absolute Gasteiger partial charge is 0.497 e. The summed E-state index contributed by atoms with van der Waals surface area (Å²) in [6.45, 7) is 23.8. The Bertz CT molecular complexity index is 3520. The monoisotopic (exact) mass is 1120 g/mol. The van der Waals surface area contributed by atoms with Crippen molar-refractivity contribution in [2.75, 3.05) is 0 Å². The van der Waals surface area contributed by atoms with Gasteiger partial charge in [-0.2, -0.15) is 10.5 Å². The smallest absolute Gasteiger partial charge is 0.405 e. The zero-order chi connectivity index (χ0) is 59.0. The number of hydrogen-bond donors (Lipinski definition) is 0. The standard InChI is InChI=1S/C29H25BFN3O2.C23H13ClFN3.C12H24B2O4/c1-28(2)29(3,4)36-30(35-28)23-16-19(18-32)15-22(26(23)31)27-33-24(20-11-7-5-8-12-20)17-25(34-27)21-13-9-6-10-14-21;24-19-12-15(14-26)11-18(22(19)25)23-27-20(16-7-3-1-4-8-16)13-21(28-23)17-9-5-2-6-10-17;1-9(2)10(3,4)16-13(15-9)14-17-11(5,6)12(7,8)18-14/h5-17H,1-4H3;1-13H;1-8H3. The van der Waals surface area contributed by atoms with Gasteiger partial charge in [-0.05, 0) is 119 Å². The average molecular weight is 1120 g/mol. The van der Waals surface area contributed by atoms with Gasteiger partial charge in [-0.3, -0.25) is 0 Å². The van der Waals surface area contributed by atoms with E-state index in [9.17, 15) is 14.9 Å². The van der Waals surface area contributed by atoms with Crippen LogP contribution in [0.2, 0.25) is 5.02 Å². The Hall–Kier alpha value is -7.44. The zero-order valence-electron chi connectivity index (χ0n) is 48.0. The summed E-state index contributed by atoms with van der Waals surface area (Å²) in [4.78, 5) is 18.6. The molecule has 6 aromatic carbocycles. The maximum atomic E-state index is 16.1. The summed E-state index contributed by atoms with van der Waals surface area (Å²) < 4.78 is 66.9.